The van der Waals surface area contributed by atoms with Gasteiger partial charge in [0.05, 0.1) is 5.56 Å². The lowest BCUT2D eigenvalue weighted by atomic mass is 10.2. The molecule has 6 heteroatoms. The fourth-order valence-corrected chi connectivity index (χ4v) is 0.956. The van der Waals surface area contributed by atoms with Crippen molar-refractivity contribution in [2.45, 2.75) is 6.92 Å². The number of nitrogens with zero attached hydrogens (tertiary/aromatic N) is 2. The number of hydrogen-bond donors (Lipinski definition) is 2. The molecule has 0 saturated carbocycles. The van der Waals surface area contributed by atoms with E-state index in [1.165, 1.54) is 18.3 Å². The van der Waals surface area contributed by atoms with E-state index in [1.807, 2.05) is 0 Å². The van der Waals surface area contributed by atoms with E-state index in [0.717, 1.165) is 5.01 Å². The van der Waals surface area contributed by atoms with Crippen molar-refractivity contribution in [3.8, 4) is 0 Å². The molecule has 0 radical (unpaired) electrons. The number of aromatic carboxylic acids is 1. The standard InChI is InChI=1S/C9H11N3O3/c1-2-12(10)8(13)6-3-4-7(9(14)15)11-5-6/h3-5H,2,10H2,1H3,(H,14,15). The zero-order valence-electron chi connectivity index (χ0n) is 8.17. The van der Waals surface area contributed by atoms with Gasteiger partial charge in [0, 0.05) is 12.7 Å². The largest absolute Gasteiger partial charge is 0.477 e. The van der Waals surface area contributed by atoms with Crippen LogP contribution in [0.15, 0.2) is 18.3 Å². The minimum atomic E-state index is -1.13. The van der Waals surface area contributed by atoms with E-state index in [2.05, 4.69) is 4.98 Å². The predicted octanol–water partition coefficient (Wildman–Crippen LogP) is 0.116. The SMILES string of the molecule is CCN(N)C(=O)c1ccc(C(=O)O)nc1. The molecule has 0 unspecified atom stereocenters. The Bertz CT molecular complexity index is 375. The summed E-state index contributed by atoms with van der Waals surface area (Å²) in [7, 11) is 0. The zero-order chi connectivity index (χ0) is 11.4. The lowest BCUT2D eigenvalue weighted by Crippen LogP contribution is -2.37. The monoisotopic (exact) mass is 209 g/mol. The van der Waals surface area contributed by atoms with Crippen molar-refractivity contribution >= 4 is 11.9 Å². The van der Waals surface area contributed by atoms with Gasteiger partial charge in [0.15, 0.2) is 0 Å². The van der Waals surface area contributed by atoms with Crippen LogP contribution in [0.4, 0.5) is 0 Å². The fraction of sp³-hybridized carbons (Fsp3) is 0.222. The normalized spacial score (nSPS) is 9.73. The maximum Gasteiger partial charge on any atom is 0.354 e. The smallest absolute Gasteiger partial charge is 0.354 e. The number of carboxylic acids is 1. The number of carbonyl (C=O) groups excluding carboxylic acids is 1. The summed E-state index contributed by atoms with van der Waals surface area (Å²) in [6.07, 6.45) is 1.20. The number of aromatic nitrogens is 1. The second kappa shape index (κ2) is 4.52. The number of pyridine rings is 1. The average Bonchev–Trinajstić information content (AvgIpc) is 2.27. The third-order valence-corrected chi connectivity index (χ3v) is 1.83. The summed E-state index contributed by atoms with van der Waals surface area (Å²) in [4.78, 5) is 25.6. The lowest BCUT2D eigenvalue weighted by Gasteiger charge is -2.13. The van der Waals surface area contributed by atoms with Crippen molar-refractivity contribution in [2.75, 3.05) is 6.54 Å². The molecule has 0 fully saturated rings. The molecule has 1 aromatic rings. The van der Waals surface area contributed by atoms with Gasteiger partial charge < -0.3 is 5.11 Å². The maximum absolute atomic E-state index is 11.5. The molecular weight excluding hydrogens is 198 g/mol. The van der Waals surface area contributed by atoms with Crippen molar-refractivity contribution in [1.82, 2.24) is 9.99 Å². The topological polar surface area (TPSA) is 96.5 Å². The predicted molar refractivity (Wildman–Crippen MR) is 52.1 cm³/mol. The Labute approximate surface area is 86.3 Å². The average molecular weight is 209 g/mol. The van der Waals surface area contributed by atoms with Crippen LogP contribution in [0, 0.1) is 0 Å². The highest BCUT2D eigenvalue weighted by molar-refractivity contribution is 5.94. The molecule has 0 bridgehead atoms. The van der Waals surface area contributed by atoms with Crippen LogP contribution in [0.1, 0.15) is 27.8 Å². The van der Waals surface area contributed by atoms with Gasteiger partial charge >= 0.3 is 5.97 Å². The first-order valence-corrected chi connectivity index (χ1v) is 4.32. The van der Waals surface area contributed by atoms with Crippen molar-refractivity contribution in [3.05, 3.63) is 29.6 Å². The molecule has 0 aliphatic rings. The first kappa shape index (κ1) is 11.1. The van der Waals surface area contributed by atoms with Crippen LogP contribution < -0.4 is 5.84 Å². The Morgan fingerprint density at radius 3 is 2.60 bits per heavy atom. The Balaban J connectivity index is 2.89. The molecule has 0 aromatic carbocycles. The molecule has 0 atom stereocenters. The Hall–Kier alpha value is -1.95. The second-order valence-electron chi connectivity index (χ2n) is 2.83. The molecule has 15 heavy (non-hydrogen) atoms. The molecule has 1 rings (SSSR count). The summed E-state index contributed by atoms with van der Waals surface area (Å²) in [5.41, 5.74) is 0.163. The lowest BCUT2D eigenvalue weighted by molar-refractivity contribution is 0.0687. The minimum absolute atomic E-state index is 0.105. The number of nitrogens with two attached hydrogens (primary N) is 1. The summed E-state index contributed by atoms with van der Waals surface area (Å²) >= 11 is 0. The molecular formula is C9H11N3O3. The third-order valence-electron chi connectivity index (χ3n) is 1.83. The van der Waals surface area contributed by atoms with Gasteiger partial charge in [0.2, 0.25) is 0 Å². The van der Waals surface area contributed by atoms with Gasteiger partial charge in [-0.25, -0.2) is 15.6 Å². The quantitative estimate of drug-likeness (QED) is 0.418. The highest BCUT2D eigenvalue weighted by Crippen LogP contribution is 2.02. The molecule has 3 N–H and O–H groups in total. The highest BCUT2D eigenvalue weighted by atomic mass is 16.4. The van der Waals surface area contributed by atoms with Crippen LogP contribution in [-0.4, -0.2) is 33.5 Å². The maximum atomic E-state index is 11.5. The Kier molecular flexibility index (Phi) is 3.35. The van der Waals surface area contributed by atoms with Crippen LogP contribution in [0.5, 0.6) is 0 Å². The molecule has 80 valence electrons. The van der Waals surface area contributed by atoms with Crippen molar-refractivity contribution in [3.63, 3.8) is 0 Å². The Morgan fingerprint density at radius 2 is 2.20 bits per heavy atom. The van der Waals surface area contributed by atoms with E-state index in [4.69, 9.17) is 10.9 Å². The summed E-state index contributed by atoms with van der Waals surface area (Å²) in [6.45, 7) is 2.11. The minimum Gasteiger partial charge on any atom is -0.477 e. The van der Waals surface area contributed by atoms with E-state index < -0.39 is 5.97 Å². The number of hydrazine groups is 1. The van der Waals surface area contributed by atoms with Crippen molar-refractivity contribution in [2.24, 2.45) is 5.84 Å². The van der Waals surface area contributed by atoms with Crippen molar-refractivity contribution < 1.29 is 14.7 Å². The second-order valence-corrected chi connectivity index (χ2v) is 2.83. The summed E-state index contributed by atoms with van der Waals surface area (Å²) in [5.74, 6) is 3.87. The number of carbonyl (C=O) groups is 2. The van der Waals surface area contributed by atoms with E-state index in [9.17, 15) is 9.59 Å². The van der Waals surface area contributed by atoms with Crippen molar-refractivity contribution in [1.29, 1.82) is 0 Å². The zero-order valence-corrected chi connectivity index (χ0v) is 8.17. The van der Waals surface area contributed by atoms with E-state index in [0.29, 0.717) is 6.54 Å². The van der Waals surface area contributed by atoms with Crippen LogP contribution >= 0.6 is 0 Å². The van der Waals surface area contributed by atoms with Gasteiger partial charge in [-0.1, -0.05) is 0 Å². The number of carboxylic acid groups (broad SMARTS) is 1. The van der Waals surface area contributed by atoms with E-state index in [1.54, 1.807) is 6.92 Å². The third kappa shape index (κ3) is 2.50. The van der Waals surface area contributed by atoms with Crippen LogP contribution in [0.3, 0.4) is 0 Å². The van der Waals surface area contributed by atoms with Crippen LogP contribution in [0.2, 0.25) is 0 Å². The summed E-state index contributed by atoms with van der Waals surface area (Å²) in [5, 5.41) is 9.61. The molecule has 0 aliphatic carbocycles. The number of rotatable bonds is 3. The Morgan fingerprint density at radius 1 is 1.53 bits per heavy atom. The molecule has 1 heterocycles. The summed E-state index contributed by atoms with van der Waals surface area (Å²) < 4.78 is 0. The molecule has 0 aliphatic heterocycles. The molecule has 1 amide bonds. The van der Waals surface area contributed by atoms with Gasteiger partial charge in [-0.05, 0) is 19.1 Å². The summed E-state index contributed by atoms with van der Waals surface area (Å²) in [6, 6.07) is 2.65. The van der Waals surface area contributed by atoms with Gasteiger partial charge in [-0.2, -0.15) is 0 Å². The first-order valence-electron chi connectivity index (χ1n) is 4.32. The van der Waals surface area contributed by atoms with Crippen LogP contribution in [0.25, 0.3) is 0 Å². The van der Waals surface area contributed by atoms with Gasteiger partial charge in [-0.15, -0.1) is 0 Å². The van der Waals surface area contributed by atoms with Gasteiger partial charge in [-0.3, -0.25) is 9.80 Å². The molecule has 0 saturated heterocycles. The van der Waals surface area contributed by atoms with E-state index in [-0.39, 0.29) is 17.2 Å². The van der Waals surface area contributed by atoms with Crippen LogP contribution in [-0.2, 0) is 0 Å². The molecule has 1 aromatic heterocycles. The molecule has 6 nitrogen and oxygen atoms in total. The van der Waals surface area contributed by atoms with Gasteiger partial charge in [0.1, 0.15) is 5.69 Å². The fourth-order valence-electron chi connectivity index (χ4n) is 0.956. The number of hydrogen-bond acceptors (Lipinski definition) is 4. The van der Waals surface area contributed by atoms with Gasteiger partial charge in [0.25, 0.3) is 5.91 Å². The first-order chi connectivity index (χ1) is 7.06. The number of amides is 1. The molecule has 0 spiro atoms. The highest BCUT2D eigenvalue weighted by Gasteiger charge is 2.12. The van der Waals surface area contributed by atoms with E-state index >= 15 is 0 Å².